The highest BCUT2D eigenvalue weighted by Crippen LogP contribution is 2.43. The van der Waals surface area contributed by atoms with E-state index in [0.717, 1.165) is 0 Å². The van der Waals surface area contributed by atoms with Gasteiger partial charge in [-0.25, -0.2) is 18.4 Å². The lowest BCUT2D eigenvalue weighted by Gasteiger charge is -2.31. The third-order valence-corrected chi connectivity index (χ3v) is 8.30. The number of hydrogen-bond donors (Lipinski definition) is 1. The van der Waals surface area contributed by atoms with Gasteiger partial charge in [0.1, 0.15) is 34.4 Å². The number of aromatic nitrogens is 5. The van der Waals surface area contributed by atoms with Crippen molar-refractivity contribution >= 4 is 39.2 Å². The molecular weight excluding hydrogens is 531 g/mol. The van der Waals surface area contributed by atoms with Crippen molar-refractivity contribution in [1.29, 1.82) is 0 Å². The van der Waals surface area contributed by atoms with E-state index in [9.17, 15) is 8.42 Å². The monoisotopic (exact) mass is 556 g/mol. The maximum atomic E-state index is 13.5. The van der Waals surface area contributed by atoms with E-state index in [1.54, 1.807) is 22.8 Å². The largest absolute Gasteiger partial charge is 0.494 e. The normalized spacial score (nSPS) is 19.3. The number of nitrogens with zero attached hydrogens (tertiary/aromatic N) is 5. The number of sulfonamides is 1. The summed E-state index contributed by atoms with van der Waals surface area (Å²) in [5.41, 5.74) is 0.468. The molecule has 1 aliphatic rings. The first kappa shape index (κ1) is 26.4. The molecule has 194 valence electrons. The third-order valence-electron chi connectivity index (χ3n) is 6.06. The number of methoxy groups -OCH3 is 3. The van der Waals surface area contributed by atoms with Crippen LogP contribution in [0.4, 0.5) is 5.95 Å². The van der Waals surface area contributed by atoms with Crippen LogP contribution in [-0.2, 0) is 14.8 Å². The minimum absolute atomic E-state index is 0.0144. The van der Waals surface area contributed by atoms with Gasteiger partial charge >= 0.3 is 0 Å². The number of benzene rings is 1. The Kier molecular flexibility index (Phi) is 7.88. The molecule has 0 bridgehead atoms. The van der Waals surface area contributed by atoms with Gasteiger partial charge in [-0.3, -0.25) is 9.29 Å². The summed E-state index contributed by atoms with van der Waals surface area (Å²) in [6.07, 6.45) is 3.14. The number of alkyl halides is 1. The van der Waals surface area contributed by atoms with Crippen molar-refractivity contribution in [2.75, 3.05) is 26.1 Å². The average molecular weight is 557 g/mol. The average Bonchev–Trinajstić information content (AvgIpc) is 3.24. The molecule has 4 rings (SSSR count). The maximum Gasteiger partial charge on any atom is 0.243 e. The molecule has 2 heterocycles. The number of nitrogens with one attached hydrogen (secondary N) is 1. The lowest BCUT2D eigenvalue weighted by Crippen LogP contribution is -2.33. The first-order valence-corrected chi connectivity index (χ1v) is 13.4. The second kappa shape index (κ2) is 10.8. The first-order chi connectivity index (χ1) is 17.2. The van der Waals surface area contributed by atoms with Gasteiger partial charge in [0, 0.05) is 30.8 Å². The number of ether oxygens (including phenoxy) is 3. The fourth-order valence-corrected chi connectivity index (χ4v) is 5.68. The molecule has 0 radical (unpaired) electrons. The topological polar surface area (TPSA) is 130 Å². The molecule has 1 N–H and O–H groups in total. The van der Waals surface area contributed by atoms with Crippen LogP contribution < -0.4 is 14.2 Å². The van der Waals surface area contributed by atoms with Crippen molar-refractivity contribution in [3.8, 4) is 17.2 Å². The smallest absolute Gasteiger partial charge is 0.243 e. The molecule has 2 atom stereocenters. The molecule has 0 unspecified atom stereocenters. The van der Waals surface area contributed by atoms with Gasteiger partial charge in [0.05, 0.1) is 19.2 Å². The number of halogens is 2. The van der Waals surface area contributed by atoms with Gasteiger partial charge in [0.2, 0.25) is 16.0 Å². The van der Waals surface area contributed by atoms with Gasteiger partial charge < -0.3 is 14.2 Å². The quantitative estimate of drug-likeness (QED) is 0.371. The third kappa shape index (κ3) is 5.08. The second-order valence-electron chi connectivity index (χ2n) is 8.26. The van der Waals surface area contributed by atoms with E-state index in [1.807, 2.05) is 0 Å². The summed E-state index contributed by atoms with van der Waals surface area (Å²) in [5.74, 6) is 1.59. The molecule has 1 aliphatic carbocycles. The molecule has 0 aliphatic heterocycles. The van der Waals surface area contributed by atoms with Gasteiger partial charge in [0.15, 0.2) is 5.82 Å². The number of rotatable bonds is 10. The van der Waals surface area contributed by atoms with Crippen molar-refractivity contribution < 1.29 is 22.6 Å². The molecule has 0 amide bonds. The molecule has 14 heteroatoms. The van der Waals surface area contributed by atoms with Crippen LogP contribution in [0.3, 0.4) is 0 Å². The zero-order valence-electron chi connectivity index (χ0n) is 20.1. The Morgan fingerprint density at radius 1 is 1.08 bits per heavy atom. The highest BCUT2D eigenvalue weighted by Gasteiger charge is 2.38. The molecule has 1 fully saturated rings. The van der Waals surface area contributed by atoms with Crippen LogP contribution in [0.25, 0.3) is 5.69 Å². The fraction of sp³-hybridized carbons (Fsp3) is 0.455. The van der Waals surface area contributed by atoms with Crippen LogP contribution in [0, 0.1) is 0 Å². The SMILES string of the molecule is COc1cccc(OC)c1-n1c(NS(=O)(=O)[C@@H](C)[C@H](OC)c2ncc(Cl)cn2)nnc1C1CC(Cl)C1. The molecule has 2 aromatic heterocycles. The van der Waals surface area contributed by atoms with Gasteiger partial charge in [-0.15, -0.1) is 21.8 Å². The van der Waals surface area contributed by atoms with E-state index in [0.29, 0.717) is 40.9 Å². The Morgan fingerprint density at radius 2 is 1.69 bits per heavy atom. The molecule has 0 saturated heterocycles. The number of hydrogen-bond acceptors (Lipinski definition) is 9. The van der Waals surface area contributed by atoms with Crippen molar-refractivity contribution in [2.45, 2.75) is 42.4 Å². The van der Waals surface area contributed by atoms with E-state index in [1.165, 1.54) is 40.6 Å². The Morgan fingerprint density at radius 3 is 2.22 bits per heavy atom. The predicted octanol–water partition coefficient (Wildman–Crippen LogP) is 3.73. The minimum atomic E-state index is -4.08. The minimum Gasteiger partial charge on any atom is -0.494 e. The zero-order valence-corrected chi connectivity index (χ0v) is 22.4. The summed E-state index contributed by atoms with van der Waals surface area (Å²) in [5, 5.41) is 7.74. The molecule has 36 heavy (non-hydrogen) atoms. The van der Waals surface area contributed by atoms with Crippen LogP contribution in [0.5, 0.6) is 11.5 Å². The Bertz CT molecular complexity index is 1290. The molecule has 0 spiro atoms. The van der Waals surface area contributed by atoms with E-state index < -0.39 is 21.4 Å². The van der Waals surface area contributed by atoms with Crippen molar-refractivity contribution in [3.05, 3.63) is 47.3 Å². The first-order valence-electron chi connectivity index (χ1n) is 11.0. The lowest BCUT2D eigenvalue weighted by molar-refractivity contribution is 0.0950. The molecule has 3 aromatic rings. The Labute approximate surface area is 219 Å². The van der Waals surface area contributed by atoms with Crippen LogP contribution in [0.2, 0.25) is 5.02 Å². The lowest BCUT2D eigenvalue weighted by atomic mass is 9.84. The van der Waals surface area contributed by atoms with Crippen LogP contribution >= 0.6 is 23.2 Å². The van der Waals surface area contributed by atoms with Gasteiger partial charge in [-0.1, -0.05) is 17.7 Å². The predicted molar refractivity (Wildman–Crippen MR) is 135 cm³/mol. The van der Waals surface area contributed by atoms with E-state index in [-0.39, 0.29) is 23.1 Å². The van der Waals surface area contributed by atoms with Crippen molar-refractivity contribution in [1.82, 2.24) is 24.7 Å². The molecular formula is C22H26Cl2N6O5S. The Hall–Kier alpha value is -2.67. The summed E-state index contributed by atoms with van der Waals surface area (Å²) in [7, 11) is 0.331. The van der Waals surface area contributed by atoms with Gasteiger partial charge in [-0.05, 0) is 31.9 Å². The molecule has 1 aromatic carbocycles. The second-order valence-corrected chi connectivity index (χ2v) is 11.4. The van der Waals surface area contributed by atoms with Gasteiger partial charge in [0.25, 0.3) is 0 Å². The van der Waals surface area contributed by atoms with Crippen LogP contribution in [0.1, 0.15) is 43.4 Å². The number of para-hydroxylation sites is 1. The van der Waals surface area contributed by atoms with Crippen molar-refractivity contribution in [2.24, 2.45) is 0 Å². The van der Waals surface area contributed by atoms with Crippen LogP contribution in [0.15, 0.2) is 30.6 Å². The fourth-order valence-electron chi connectivity index (χ4n) is 4.02. The molecule has 1 saturated carbocycles. The standard InChI is InChI=1S/C22H26Cl2N6O5S/c1-12(19(35-4)20-25-10-15(24)11-26-20)36(31,32)29-22-28-27-21(13-8-14(23)9-13)30(22)18-16(33-2)6-5-7-17(18)34-3/h5-7,10-14,19H,8-9H2,1-4H3,(H,28,29)/t12-,13?,14?,19-/m0/s1. The van der Waals surface area contributed by atoms with Gasteiger partial charge in [-0.2, -0.15) is 0 Å². The highest BCUT2D eigenvalue weighted by atomic mass is 35.5. The summed E-state index contributed by atoms with van der Waals surface area (Å²) in [6, 6.07) is 5.25. The van der Waals surface area contributed by atoms with E-state index in [2.05, 4.69) is 24.9 Å². The van der Waals surface area contributed by atoms with Crippen LogP contribution in [-0.4, -0.2) is 65.1 Å². The van der Waals surface area contributed by atoms with Crippen molar-refractivity contribution in [3.63, 3.8) is 0 Å². The zero-order chi connectivity index (χ0) is 26.0. The highest BCUT2D eigenvalue weighted by molar-refractivity contribution is 7.93. The number of anilines is 1. The summed E-state index contributed by atoms with van der Waals surface area (Å²) in [4.78, 5) is 8.23. The van der Waals surface area contributed by atoms with E-state index in [4.69, 9.17) is 37.4 Å². The molecule has 11 nitrogen and oxygen atoms in total. The Balaban J connectivity index is 1.76. The maximum absolute atomic E-state index is 13.5. The summed E-state index contributed by atoms with van der Waals surface area (Å²) >= 11 is 12.1. The summed E-state index contributed by atoms with van der Waals surface area (Å²) < 4.78 is 47.8. The summed E-state index contributed by atoms with van der Waals surface area (Å²) in [6.45, 7) is 1.49. The van der Waals surface area contributed by atoms with E-state index >= 15 is 0 Å².